The second-order valence-corrected chi connectivity index (χ2v) is 16.6. The van der Waals surface area contributed by atoms with Gasteiger partial charge in [-0.25, -0.2) is 26.5 Å². The van der Waals surface area contributed by atoms with Gasteiger partial charge >= 0.3 is 28.4 Å². The Labute approximate surface area is 352 Å². The standard InChI is InChI=1S/C31H37.2C6H4F.C5H5.CH2.2ClH.Zr/c1-28(2,3)26-16-30(7,8)24-12-18-11-19-13-25-23(15-21(19)20(18)14-22(24)26)27(29(4,5)6)17-31(25,9)10;2*7-6-4-2-1-3-5-6;1-2-4-5-3-1;;;;/h12-16H,11H2,1-10H3;2*2-5H;1-3H,4H2;1H2;2*1H;/q4*-1;;;;. The van der Waals surface area contributed by atoms with Crippen LogP contribution in [-0.4, -0.2) is 4.21 Å². The summed E-state index contributed by atoms with van der Waals surface area (Å²) in [7, 11) is 0. The summed E-state index contributed by atoms with van der Waals surface area (Å²) >= 11 is 1.30. The number of rotatable bonds is 0. The Kier molecular flexibility index (Phi) is 16.8. The molecule has 4 aliphatic rings. The molecule has 0 saturated carbocycles. The normalized spacial score (nSPS) is 15.5. The molecule has 4 aliphatic carbocycles. The van der Waals surface area contributed by atoms with E-state index in [4.69, 9.17) is 0 Å². The van der Waals surface area contributed by atoms with Crippen LogP contribution in [0.25, 0.3) is 22.3 Å². The van der Waals surface area contributed by atoms with E-state index in [0.29, 0.717) is 0 Å². The number of allylic oxidation sites excluding steroid dienone is 8. The summed E-state index contributed by atoms with van der Waals surface area (Å²) in [6.45, 7) is 23.3. The molecule has 4 aromatic carbocycles. The second-order valence-electron chi connectivity index (χ2n) is 16.6. The van der Waals surface area contributed by atoms with Gasteiger partial charge in [0.2, 0.25) is 0 Å². The third-order valence-corrected chi connectivity index (χ3v) is 9.53. The molecule has 5 heteroatoms. The van der Waals surface area contributed by atoms with Gasteiger partial charge in [0.1, 0.15) is 0 Å². The van der Waals surface area contributed by atoms with E-state index in [9.17, 15) is 8.78 Å². The quantitative estimate of drug-likeness (QED) is 0.136. The first kappa shape index (κ1) is 47.2. The molecule has 8 rings (SSSR count). The fourth-order valence-electron chi connectivity index (χ4n) is 7.02. The van der Waals surface area contributed by atoms with Crippen molar-refractivity contribution in [2.24, 2.45) is 10.8 Å². The molecule has 0 aliphatic heterocycles. The molecule has 0 heterocycles. The van der Waals surface area contributed by atoms with Crippen LogP contribution >= 0.6 is 24.8 Å². The van der Waals surface area contributed by atoms with Gasteiger partial charge < -0.3 is 0 Å². The Bertz CT molecular complexity index is 1840. The van der Waals surface area contributed by atoms with E-state index in [1.807, 2.05) is 12.2 Å². The Morgan fingerprint density at radius 1 is 0.667 bits per heavy atom. The van der Waals surface area contributed by atoms with Crippen molar-refractivity contribution in [2.45, 2.75) is 92.9 Å². The van der Waals surface area contributed by atoms with Gasteiger partial charge in [0.15, 0.2) is 0 Å². The van der Waals surface area contributed by atoms with Gasteiger partial charge in [-0.3, -0.25) is 12.2 Å². The van der Waals surface area contributed by atoms with E-state index >= 15 is 0 Å². The summed E-state index contributed by atoms with van der Waals surface area (Å²) in [5.74, 6) is -0.419. The van der Waals surface area contributed by atoms with E-state index in [1.54, 1.807) is 0 Å². The molecular weight excluding hydrogens is 789 g/mol. The van der Waals surface area contributed by atoms with Crippen LogP contribution in [0.4, 0.5) is 8.78 Å². The first-order valence-electron chi connectivity index (χ1n) is 17.9. The molecule has 0 atom stereocenters. The van der Waals surface area contributed by atoms with Crippen LogP contribution in [0.3, 0.4) is 0 Å². The zero-order valence-electron chi connectivity index (χ0n) is 33.4. The number of hydrogen-bond donors (Lipinski definition) is 0. The first-order chi connectivity index (χ1) is 24.4. The zero-order valence-corrected chi connectivity index (χ0v) is 37.5. The van der Waals surface area contributed by atoms with Crippen molar-refractivity contribution in [3.05, 3.63) is 166 Å². The average molecular weight is 843 g/mol. The van der Waals surface area contributed by atoms with E-state index in [0.717, 1.165) is 12.8 Å². The first-order valence-corrected chi connectivity index (χ1v) is 19.7. The third-order valence-electron chi connectivity index (χ3n) is 9.53. The van der Waals surface area contributed by atoms with Crippen molar-refractivity contribution in [3.63, 3.8) is 0 Å². The van der Waals surface area contributed by atoms with Crippen LogP contribution in [0.15, 0.2) is 97.1 Å². The van der Waals surface area contributed by atoms with Gasteiger partial charge in [-0.15, -0.1) is 67.1 Å². The topological polar surface area (TPSA) is 0 Å². The van der Waals surface area contributed by atoms with Gasteiger partial charge in [0.25, 0.3) is 0 Å². The molecule has 286 valence electrons. The Hall–Kier alpha value is -2.97. The average Bonchev–Trinajstić information content (AvgIpc) is 3.87. The van der Waals surface area contributed by atoms with Crippen LogP contribution in [-0.2, 0) is 41.5 Å². The van der Waals surface area contributed by atoms with E-state index in [1.165, 1.54) is 128 Å². The molecule has 54 heavy (non-hydrogen) atoms. The van der Waals surface area contributed by atoms with Gasteiger partial charge in [-0.05, 0) is 62.3 Å². The molecule has 0 saturated heterocycles. The molecule has 0 unspecified atom stereocenters. The summed E-state index contributed by atoms with van der Waals surface area (Å²) in [6.07, 6.45) is 17.4. The van der Waals surface area contributed by atoms with E-state index < -0.39 is 0 Å². The predicted molar refractivity (Wildman–Crippen MR) is 228 cm³/mol. The molecule has 0 N–H and O–H groups in total. The van der Waals surface area contributed by atoms with Crippen molar-refractivity contribution < 1.29 is 33.0 Å². The van der Waals surface area contributed by atoms with Crippen molar-refractivity contribution in [1.29, 1.82) is 0 Å². The van der Waals surface area contributed by atoms with E-state index in [2.05, 4.69) is 134 Å². The molecule has 0 radical (unpaired) electrons. The molecule has 0 amide bonds. The maximum atomic E-state index is 11.9. The SMILES string of the molecule is CC(C)(C)C1=[C-]C(C)(C)c2cc3c(cc21)-c1cc2c(cc1C3)C(C)(C)C=C2C(C)(C)C.Cl.Cl.Fc1cc[c-]cc1.Fc1cc[c-]cc1.[C-]1=CC=CC1.[CH2]=[Zr]. The summed E-state index contributed by atoms with van der Waals surface area (Å²) in [5.41, 5.74) is 14.9. The number of fused-ring (bicyclic) bond motifs is 5. The van der Waals surface area contributed by atoms with Crippen LogP contribution in [0.1, 0.15) is 109 Å². The summed E-state index contributed by atoms with van der Waals surface area (Å²) in [5, 5.41) is 0. The van der Waals surface area contributed by atoms with Gasteiger partial charge in [-0.2, -0.15) is 48.0 Å². The summed E-state index contributed by atoms with van der Waals surface area (Å²) in [6, 6.07) is 27.0. The Balaban J connectivity index is 0.000000356. The molecule has 4 aromatic rings. The summed E-state index contributed by atoms with van der Waals surface area (Å²) < 4.78 is 27.1. The van der Waals surface area contributed by atoms with Crippen molar-refractivity contribution >= 4 is 40.2 Å². The molecule has 0 aromatic heterocycles. The minimum absolute atomic E-state index is 0. The summed E-state index contributed by atoms with van der Waals surface area (Å²) in [4.78, 5) is 0. The number of benzene rings is 4. The zero-order chi connectivity index (χ0) is 38.5. The minimum atomic E-state index is -0.209. The predicted octanol–water partition coefficient (Wildman–Crippen LogP) is 13.9. The molecule has 0 spiro atoms. The Morgan fingerprint density at radius 2 is 1.15 bits per heavy atom. The fourth-order valence-corrected chi connectivity index (χ4v) is 7.02. The van der Waals surface area contributed by atoms with Crippen LogP contribution in [0.5, 0.6) is 0 Å². The van der Waals surface area contributed by atoms with E-state index in [-0.39, 0.29) is 58.1 Å². The molecule has 0 bridgehead atoms. The number of halogens is 4. The van der Waals surface area contributed by atoms with Crippen molar-refractivity contribution in [3.8, 4) is 11.1 Å². The van der Waals surface area contributed by atoms with Crippen LogP contribution in [0.2, 0.25) is 0 Å². The molecule has 0 nitrogen and oxygen atoms in total. The maximum absolute atomic E-state index is 11.9. The monoisotopic (exact) mass is 840 g/mol. The van der Waals surface area contributed by atoms with Gasteiger partial charge in [0.05, 0.1) is 0 Å². The number of hydrogen-bond acceptors (Lipinski definition) is 0. The second kappa shape index (κ2) is 19.3. The fraction of sp³-hybridized carbons (Fsp3) is 0.327. The van der Waals surface area contributed by atoms with Crippen molar-refractivity contribution in [2.75, 3.05) is 0 Å². The van der Waals surface area contributed by atoms with Crippen LogP contribution < -0.4 is 0 Å². The molecule has 0 fully saturated rings. The molecular formula is C49H54Cl2F2Zr-4. The third kappa shape index (κ3) is 11.3. The van der Waals surface area contributed by atoms with Gasteiger partial charge in [0, 0.05) is 17.0 Å². The van der Waals surface area contributed by atoms with Crippen molar-refractivity contribution in [1.82, 2.24) is 0 Å². The van der Waals surface area contributed by atoms with Crippen LogP contribution in [0, 0.1) is 46.7 Å². The van der Waals surface area contributed by atoms with Gasteiger partial charge in [-0.1, -0.05) is 92.9 Å². The Morgan fingerprint density at radius 3 is 1.52 bits per heavy atom.